The first-order valence-corrected chi connectivity index (χ1v) is 20.9. The monoisotopic (exact) mass is 842 g/mol. The van der Waals surface area contributed by atoms with Crippen molar-refractivity contribution >= 4 is 40.1 Å². The molecule has 6 rings (SSSR count). The Bertz CT molecular complexity index is 1920. The summed E-state index contributed by atoms with van der Waals surface area (Å²) < 4.78 is 38.3. The lowest BCUT2D eigenvalue weighted by molar-refractivity contribution is -0.296. The molecule has 60 heavy (non-hydrogen) atoms. The van der Waals surface area contributed by atoms with E-state index in [1.54, 1.807) is 27.7 Å². The molecule has 3 fully saturated rings. The molecule has 2 aromatic rings. The van der Waals surface area contributed by atoms with Gasteiger partial charge in [0.25, 0.3) is 5.91 Å². The Morgan fingerprint density at radius 1 is 1.02 bits per heavy atom. The lowest BCUT2D eigenvalue weighted by atomic mass is 9.73. The van der Waals surface area contributed by atoms with Gasteiger partial charge < -0.3 is 48.4 Å². The number of likely N-dealkylation sites (N-methyl/N-ethyl adjacent to an activating group) is 1. The molecule has 332 valence electrons. The van der Waals surface area contributed by atoms with Crippen LogP contribution in [-0.4, -0.2) is 154 Å². The van der Waals surface area contributed by atoms with Gasteiger partial charge in [0.2, 0.25) is 6.10 Å². The summed E-state index contributed by atoms with van der Waals surface area (Å²) in [4.78, 5) is 55.2. The third kappa shape index (κ3) is 9.65. The highest BCUT2D eigenvalue weighted by Crippen LogP contribution is 2.40. The molecule has 4 bridgehead atoms. The minimum atomic E-state index is -1.85. The van der Waals surface area contributed by atoms with Crippen LogP contribution in [0.4, 0.5) is 0 Å². The van der Waals surface area contributed by atoms with Crippen LogP contribution in [0.25, 0.3) is 11.0 Å². The number of aromatic nitrogens is 3. The highest BCUT2D eigenvalue weighted by molar-refractivity contribution is 6.01. The van der Waals surface area contributed by atoms with E-state index in [2.05, 4.69) is 20.6 Å². The summed E-state index contributed by atoms with van der Waals surface area (Å²) in [6.07, 6.45) is -6.37. The quantitative estimate of drug-likeness (QED) is 0.257. The highest BCUT2D eigenvalue weighted by atomic mass is 16.7. The van der Waals surface area contributed by atoms with Crippen LogP contribution in [0, 0.1) is 23.7 Å². The number of cyclic esters (lactones) is 1. The van der Waals surface area contributed by atoms with Crippen molar-refractivity contribution < 1.29 is 57.9 Å². The molecule has 0 saturated carbocycles. The number of aliphatic hydroxyl groups is 2. The number of carbonyl (C=O) groups is 3. The number of esters is 1. The summed E-state index contributed by atoms with van der Waals surface area (Å²) >= 11 is 0. The second kappa shape index (κ2) is 18.7. The van der Waals surface area contributed by atoms with Gasteiger partial charge in [-0.2, -0.15) is 15.4 Å². The van der Waals surface area contributed by atoms with Crippen LogP contribution in [0.2, 0.25) is 0 Å². The Labute approximate surface area is 350 Å². The molecule has 18 heteroatoms. The van der Waals surface area contributed by atoms with Crippen molar-refractivity contribution in [2.75, 3.05) is 33.9 Å². The molecule has 1 amide bonds. The Hall–Kier alpha value is -3.75. The van der Waals surface area contributed by atoms with Gasteiger partial charge in [-0.3, -0.25) is 14.4 Å². The number of aliphatic hydroxyl groups excluding tert-OH is 1. The van der Waals surface area contributed by atoms with Gasteiger partial charge in [0.05, 0.1) is 50.3 Å². The van der Waals surface area contributed by atoms with Crippen molar-refractivity contribution in [3.05, 3.63) is 23.8 Å². The number of fused-ring (bicyclic) bond motifs is 5. The maximum atomic E-state index is 14.5. The number of rotatable bonds is 8. The maximum Gasteiger partial charge on any atom is 0.316 e. The van der Waals surface area contributed by atoms with Gasteiger partial charge in [-0.25, -0.2) is 4.99 Å². The van der Waals surface area contributed by atoms with Gasteiger partial charge in [-0.05, 0) is 84.7 Å². The van der Waals surface area contributed by atoms with E-state index in [9.17, 15) is 24.6 Å². The van der Waals surface area contributed by atoms with Crippen LogP contribution in [-0.2, 0) is 54.2 Å². The molecule has 1 unspecified atom stereocenters. The zero-order valence-electron chi connectivity index (χ0n) is 36.3. The molecule has 0 radical (unpaired) electrons. The van der Waals surface area contributed by atoms with Crippen molar-refractivity contribution in [1.82, 2.24) is 20.3 Å². The zero-order valence-corrected chi connectivity index (χ0v) is 36.3. The second-order valence-electron chi connectivity index (χ2n) is 17.6. The number of benzene rings is 1. The molecule has 3 saturated heterocycles. The SMILES string of the molecule is CC[C@H]1OC(=O)[C@H](C)C(=O)[C@H](C)[C@@H](O[C@@H]2O[C@H](C)C[C@H](N(C)C)[C@H]2O)[C@@]2(C)C[C@@H](C)C3=NC(=O)C(COCc4ccc5n[nH]nc5c4)O/N=C(/CO[C@H]([C@H]3C)[C@]1(C)O)CO2. The molecule has 1 aromatic carbocycles. The molecule has 4 aliphatic rings. The van der Waals surface area contributed by atoms with Crippen LogP contribution in [0.15, 0.2) is 28.3 Å². The fourth-order valence-electron chi connectivity index (χ4n) is 9.17. The van der Waals surface area contributed by atoms with Crippen molar-refractivity contribution in [2.45, 2.75) is 141 Å². The van der Waals surface area contributed by atoms with E-state index < -0.39 is 89.3 Å². The van der Waals surface area contributed by atoms with Crippen LogP contribution in [0.3, 0.4) is 0 Å². The number of carbonyl (C=O) groups excluding carboxylic acids is 3. The number of ketones is 1. The van der Waals surface area contributed by atoms with E-state index in [0.717, 1.165) is 5.56 Å². The van der Waals surface area contributed by atoms with E-state index >= 15 is 0 Å². The molecule has 18 nitrogen and oxygen atoms in total. The minimum absolute atomic E-state index is 0.131. The lowest BCUT2D eigenvalue weighted by Gasteiger charge is -2.47. The van der Waals surface area contributed by atoms with E-state index in [1.165, 1.54) is 13.8 Å². The maximum absolute atomic E-state index is 14.5. The molecule has 0 aliphatic carbocycles. The molecule has 3 N–H and O–H groups in total. The zero-order chi connectivity index (χ0) is 43.7. The number of oxime groups is 1. The largest absolute Gasteiger partial charge is 0.459 e. The third-order valence-electron chi connectivity index (χ3n) is 12.6. The first kappa shape index (κ1) is 45.8. The number of amides is 1. The van der Waals surface area contributed by atoms with Gasteiger partial charge in [-0.15, -0.1) is 0 Å². The Balaban J connectivity index is 1.44. The lowest BCUT2D eigenvalue weighted by Crippen LogP contribution is -2.60. The summed E-state index contributed by atoms with van der Waals surface area (Å²) in [6.45, 7) is 13.2. The third-order valence-corrected chi connectivity index (χ3v) is 12.6. The molecule has 1 aromatic heterocycles. The van der Waals surface area contributed by atoms with Gasteiger partial charge in [0.1, 0.15) is 40.5 Å². The van der Waals surface area contributed by atoms with E-state index in [-0.39, 0.29) is 57.1 Å². The second-order valence-corrected chi connectivity index (χ2v) is 17.6. The molecule has 5 heterocycles. The van der Waals surface area contributed by atoms with Gasteiger partial charge >= 0.3 is 5.97 Å². The van der Waals surface area contributed by atoms with Crippen LogP contribution >= 0.6 is 0 Å². The number of aromatic amines is 1. The minimum Gasteiger partial charge on any atom is -0.459 e. The molecule has 4 aliphatic heterocycles. The average molecular weight is 843 g/mol. The first-order valence-electron chi connectivity index (χ1n) is 20.9. The predicted molar refractivity (Wildman–Crippen MR) is 217 cm³/mol. The van der Waals surface area contributed by atoms with Crippen molar-refractivity contribution in [2.24, 2.45) is 33.8 Å². The van der Waals surface area contributed by atoms with Crippen molar-refractivity contribution in [3.63, 3.8) is 0 Å². The molecular weight excluding hydrogens is 780 g/mol. The number of nitrogens with zero attached hydrogens (tertiary/aromatic N) is 5. The summed E-state index contributed by atoms with van der Waals surface area (Å²) in [5.41, 5.74) is -0.514. The molecule has 0 spiro atoms. The fourth-order valence-corrected chi connectivity index (χ4v) is 9.17. The Kier molecular flexibility index (Phi) is 14.3. The predicted octanol–water partition coefficient (Wildman–Crippen LogP) is 2.77. The molecule has 14 atom stereocenters. The Morgan fingerprint density at radius 3 is 2.47 bits per heavy atom. The summed E-state index contributed by atoms with van der Waals surface area (Å²) in [5.74, 6) is -5.62. The van der Waals surface area contributed by atoms with Crippen LogP contribution in [0.5, 0.6) is 0 Å². The number of Topliss-reactive ketones (excluding diaryl/α,β-unsaturated/α-hetero) is 1. The van der Waals surface area contributed by atoms with E-state index in [4.69, 9.17) is 38.3 Å². The van der Waals surface area contributed by atoms with Crippen LogP contribution in [0.1, 0.15) is 80.2 Å². The number of hydrogen-bond donors (Lipinski definition) is 3. The van der Waals surface area contributed by atoms with Gasteiger partial charge in [-0.1, -0.05) is 38.9 Å². The fraction of sp³-hybridized carbons (Fsp3) is 0.738. The van der Waals surface area contributed by atoms with E-state index in [1.807, 2.05) is 51.0 Å². The van der Waals surface area contributed by atoms with Gasteiger partial charge in [0.15, 0.2) is 12.1 Å². The number of nitrogens with one attached hydrogen (secondary N) is 1. The summed E-state index contributed by atoms with van der Waals surface area (Å²) in [6, 6.07) is 5.16. The normalized spacial score (nSPS) is 39.6. The molecular formula is C42H62N6O12. The first-order chi connectivity index (χ1) is 28.3. The highest BCUT2D eigenvalue weighted by Gasteiger charge is 2.53. The number of hydrogen-bond acceptors (Lipinski definition) is 16. The van der Waals surface area contributed by atoms with Crippen molar-refractivity contribution in [1.29, 1.82) is 0 Å². The summed E-state index contributed by atoms with van der Waals surface area (Å²) in [7, 11) is 3.73. The Morgan fingerprint density at radius 2 is 1.75 bits per heavy atom. The average Bonchev–Trinajstić information content (AvgIpc) is 3.66. The van der Waals surface area contributed by atoms with Gasteiger partial charge in [0, 0.05) is 23.6 Å². The number of ether oxygens (including phenoxy) is 6. The van der Waals surface area contributed by atoms with E-state index in [0.29, 0.717) is 23.2 Å². The standard InChI is InChI=1S/C42H62N6O12/c1-11-32-42(8,53)37-23(4)33-21(2)16-41(7,36(24(5)34(49)25(6)39(52)58-32)59-40-35(50)30(48(9)10)14-22(3)57-40)56-19-27(18-55-37)46-60-31(38(51)43-33)20-54-17-26-12-13-28-29(15-26)45-47-44-28/h12-13,15,21-25,30-32,35-37,40,50,53H,11,14,16-20H2,1-10H3,(H,44,45,47)/b43-33?,46-27-/t21-,22-,23+,24+,25-,30+,31?,32-,35-,36-,37-,40+,41-,42-/m1/s1. The number of aliphatic imine (C=N–C) groups is 1. The number of H-pyrrole nitrogens is 1. The van der Waals surface area contributed by atoms with Crippen molar-refractivity contribution in [3.8, 4) is 0 Å². The van der Waals surface area contributed by atoms with Crippen LogP contribution < -0.4 is 0 Å². The topological polar surface area (TPSA) is 226 Å². The smallest absolute Gasteiger partial charge is 0.316 e. The summed E-state index contributed by atoms with van der Waals surface area (Å²) in [5, 5.41) is 39.2.